The summed E-state index contributed by atoms with van der Waals surface area (Å²) in [6.45, 7) is 8.32. The number of benzene rings is 1. The number of alkyl halides is 2. The van der Waals surface area contributed by atoms with Gasteiger partial charge in [-0.15, -0.1) is 0 Å². The summed E-state index contributed by atoms with van der Waals surface area (Å²) in [5.41, 5.74) is -0.896. The average Bonchev–Trinajstić information content (AvgIpc) is 2.33. The molecule has 0 aliphatic carbocycles. The average molecular weight is 286 g/mol. The van der Waals surface area contributed by atoms with Crippen molar-refractivity contribution in [2.24, 2.45) is 5.41 Å². The van der Waals surface area contributed by atoms with E-state index in [0.29, 0.717) is 12.1 Å². The largest absolute Gasteiger partial charge is 0.494 e. The zero-order valence-corrected chi connectivity index (χ0v) is 12.0. The van der Waals surface area contributed by atoms with Gasteiger partial charge in [0.15, 0.2) is 0 Å². The predicted octanol–water partition coefficient (Wildman–Crippen LogP) is 3.31. The van der Waals surface area contributed by atoms with Gasteiger partial charge in [0.05, 0.1) is 11.2 Å². The van der Waals surface area contributed by atoms with Crippen molar-refractivity contribution in [3.8, 4) is 0 Å². The first-order chi connectivity index (χ1) is 9.14. The van der Waals surface area contributed by atoms with Gasteiger partial charge in [0, 0.05) is 12.0 Å². The Kier molecular flexibility index (Phi) is 3.91. The van der Waals surface area contributed by atoms with E-state index >= 15 is 0 Å². The maximum atomic E-state index is 13.3. The molecule has 1 aromatic rings. The summed E-state index contributed by atoms with van der Waals surface area (Å²) < 4.78 is 50.2. The molecule has 20 heavy (non-hydrogen) atoms. The van der Waals surface area contributed by atoms with Crippen LogP contribution in [-0.4, -0.2) is 19.3 Å². The molecule has 2 nitrogen and oxygen atoms in total. The molecule has 0 spiro atoms. The van der Waals surface area contributed by atoms with Gasteiger partial charge in [0.2, 0.25) is 0 Å². The molecule has 0 radical (unpaired) electrons. The van der Waals surface area contributed by atoms with Crippen LogP contribution in [0.1, 0.15) is 39.7 Å². The molecule has 110 valence electrons. The minimum absolute atomic E-state index is 0.199. The highest BCUT2D eigenvalue weighted by molar-refractivity contribution is 6.61. The van der Waals surface area contributed by atoms with Gasteiger partial charge in [-0.3, -0.25) is 0 Å². The van der Waals surface area contributed by atoms with E-state index in [2.05, 4.69) is 0 Å². The minimum Gasteiger partial charge on any atom is -0.407 e. The van der Waals surface area contributed by atoms with Gasteiger partial charge in [0.1, 0.15) is 5.82 Å². The number of hydrogen-bond donors (Lipinski definition) is 0. The summed E-state index contributed by atoms with van der Waals surface area (Å²) in [6, 6.07) is 3.55. The molecule has 0 bridgehead atoms. The van der Waals surface area contributed by atoms with Crippen LogP contribution in [-0.2, 0) is 9.31 Å². The maximum Gasteiger partial charge on any atom is 0.494 e. The molecule has 0 unspecified atom stereocenters. The molecule has 1 fully saturated rings. The molecule has 0 saturated carbocycles. The summed E-state index contributed by atoms with van der Waals surface area (Å²) in [4.78, 5) is 0. The molecule has 2 rings (SSSR count). The van der Waals surface area contributed by atoms with Gasteiger partial charge in [-0.1, -0.05) is 26.0 Å². The Bertz CT molecular complexity index is 503. The maximum absolute atomic E-state index is 13.3. The van der Waals surface area contributed by atoms with Crippen molar-refractivity contribution in [3.63, 3.8) is 0 Å². The van der Waals surface area contributed by atoms with Crippen LogP contribution in [0.25, 0.3) is 0 Å². The topological polar surface area (TPSA) is 18.5 Å². The molecule has 0 aromatic heterocycles. The second-order valence-electron chi connectivity index (χ2n) is 6.24. The third-order valence-electron chi connectivity index (χ3n) is 4.15. The van der Waals surface area contributed by atoms with E-state index in [0.717, 1.165) is 12.1 Å². The van der Waals surface area contributed by atoms with Gasteiger partial charge in [-0.25, -0.2) is 13.2 Å². The molecule has 1 aliphatic heterocycles. The van der Waals surface area contributed by atoms with Gasteiger partial charge >= 0.3 is 7.12 Å². The van der Waals surface area contributed by atoms with Crippen LogP contribution in [0.2, 0.25) is 0 Å². The van der Waals surface area contributed by atoms with Crippen molar-refractivity contribution in [1.29, 1.82) is 0 Å². The molecule has 0 amide bonds. The quantitative estimate of drug-likeness (QED) is 0.776. The smallest absolute Gasteiger partial charge is 0.407 e. The first-order valence-corrected chi connectivity index (χ1v) is 6.51. The minimum atomic E-state index is -2.86. The van der Waals surface area contributed by atoms with Crippen molar-refractivity contribution < 1.29 is 22.5 Å². The number of hydrogen-bond acceptors (Lipinski definition) is 2. The normalized spacial score (nSPS) is 21.3. The third kappa shape index (κ3) is 2.72. The Morgan fingerprint density at radius 3 is 2.40 bits per heavy atom. The van der Waals surface area contributed by atoms with E-state index in [-0.39, 0.29) is 5.41 Å². The van der Waals surface area contributed by atoms with Gasteiger partial charge in [-0.05, 0) is 25.4 Å². The van der Waals surface area contributed by atoms with E-state index in [1.54, 1.807) is 0 Å². The van der Waals surface area contributed by atoms with Crippen LogP contribution in [0, 0.1) is 11.2 Å². The third-order valence-corrected chi connectivity index (χ3v) is 4.15. The first kappa shape index (κ1) is 15.4. The lowest BCUT2D eigenvalue weighted by molar-refractivity contribution is -0.0937. The highest BCUT2D eigenvalue weighted by Gasteiger charge is 2.47. The van der Waals surface area contributed by atoms with Crippen LogP contribution in [0.5, 0.6) is 0 Å². The van der Waals surface area contributed by atoms with Crippen LogP contribution in [0.4, 0.5) is 13.2 Å². The second kappa shape index (κ2) is 5.08. The van der Waals surface area contributed by atoms with Crippen molar-refractivity contribution in [2.75, 3.05) is 6.61 Å². The second-order valence-corrected chi connectivity index (χ2v) is 6.24. The fourth-order valence-corrected chi connectivity index (χ4v) is 1.96. The van der Waals surface area contributed by atoms with E-state index in [1.165, 1.54) is 6.07 Å². The van der Waals surface area contributed by atoms with Crippen molar-refractivity contribution in [1.82, 2.24) is 0 Å². The Balaban J connectivity index is 2.28. The highest BCUT2D eigenvalue weighted by Crippen LogP contribution is 2.38. The zero-order valence-electron chi connectivity index (χ0n) is 12.0. The summed E-state index contributed by atoms with van der Waals surface area (Å²) in [6.07, 6.45) is -2.86. The molecular weight excluding hydrogens is 268 g/mol. The summed E-state index contributed by atoms with van der Waals surface area (Å²) in [7, 11) is -0.754. The molecule has 1 aromatic carbocycles. The highest BCUT2D eigenvalue weighted by atomic mass is 19.3. The Hall–Kier alpha value is -1.01. The summed E-state index contributed by atoms with van der Waals surface area (Å²) in [5.74, 6) is -0.917. The molecule has 0 N–H and O–H groups in total. The number of halogens is 3. The summed E-state index contributed by atoms with van der Waals surface area (Å²) >= 11 is 0. The van der Waals surface area contributed by atoms with E-state index in [1.807, 2.05) is 27.7 Å². The van der Waals surface area contributed by atoms with Crippen LogP contribution in [0.3, 0.4) is 0 Å². The van der Waals surface area contributed by atoms with Crippen molar-refractivity contribution in [3.05, 3.63) is 29.6 Å². The lowest BCUT2D eigenvalue weighted by Crippen LogP contribution is -2.58. The number of rotatable bonds is 2. The lowest BCUT2D eigenvalue weighted by Gasteiger charge is -2.47. The molecule has 0 atom stereocenters. The first-order valence-electron chi connectivity index (χ1n) is 6.51. The Morgan fingerprint density at radius 2 is 1.85 bits per heavy atom. The van der Waals surface area contributed by atoms with Gasteiger partial charge < -0.3 is 9.31 Å². The van der Waals surface area contributed by atoms with E-state index in [9.17, 15) is 13.2 Å². The van der Waals surface area contributed by atoms with Crippen LogP contribution >= 0.6 is 0 Å². The molecule has 1 saturated heterocycles. The molecule has 1 aliphatic rings. The molecular formula is C14H18BF3O2. The van der Waals surface area contributed by atoms with Crippen LogP contribution < -0.4 is 5.46 Å². The van der Waals surface area contributed by atoms with Crippen LogP contribution in [0.15, 0.2) is 18.2 Å². The van der Waals surface area contributed by atoms with Gasteiger partial charge in [0.25, 0.3) is 6.43 Å². The van der Waals surface area contributed by atoms with Gasteiger partial charge in [-0.2, -0.15) is 0 Å². The molecule has 6 heteroatoms. The Morgan fingerprint density at radius 1 is 1.20 bits per heavy atom. The lowest BCUT2D eigenvalue weighted by atomic mass is 9.69. The fourth-order valence-electron chi connectivity index (χ4n) is 1.96. The van der Waals surface area contributed by atoms with E-state index < -0.39 is 30.5 Å². The molecule has 1 heterocycles. The summed E-state index contributed by atoms with van der Waals surface area (Å²) in [5, 5.41) is 0. The van der Waals surface area contributed by atoms with Crippen molar-refractivity contribution in [2.45, 2.75) is 39.7 Å². The zero-order chi connectivity index (χ0) is 15.1. The Labute approximate surface area is 117 Å². The monoisotopic (exact) mass is 286 g/mol. The SMILES string of the molecule is CC1(C)COB(c2ccc(F)c(C(F)F)c2)OC1(C)C. The van der Waals surface area contributed by atoms with E-state index in [4.69, 9.17) is 9.31 Å². The predicted molar refractivity (Wildman–Crippen MR) is 71.6 cm³/mol. The fraction of sp³-hybridized carbons (Fsp3) is 0.571. The standard InChI is InChI=1S/C14H18BF3O2/c1-13(2)8-19-15(20-14(13,3)4)9-5-6-11(16)10(7-9)12(17)18/h5-7,12H,8H2,1-4H3. The van der Waals surface area contributed by atoms with Crippen molar-refractivity contribution >= 4 is 12.6 Å².